The fourth-order valence-corrected chi connectivity index (χ4v) is 3.01. The molecule has 1 aliphatic rings. The molecule has 0 amide bonds. The predicted octanol–water partition coefficient (Wildman–Crippen LogP) is 3.77. The Bertz CT molecular complexity index is 449. The first-order chi connectivity index (χ1) is 9.13. The first-order valence-electron chi connectivity index (χ1n) is 6.89. The van der Waals surface area contributed by atoms with E-state index in [4.69, 9.17) is 9.47 Å². The van der Waals surface area contributed by atoms with Gasteiger partial charge in [-0.2, -0.15) is 0 Å². The number of benzene rings is 1. The Kier molecular flexibility index (Phi) is 8.95. The van der Waals surface area contributed by atoms with Crippen LogP contribution in [-0.2, 0) is 20.7 Å². The van der Waals surface area contributed by atoms with Gasteiger partial charge in [0, 0.05) is 13.0 Å². The lowest BCUT2D eigenvalue weighted by atomic mass is 9.75. The standard InChI is InChI=1S/C16H22O3.2ClH/c1-11(2)16-13-7-5-4-6-12(13)8-9-14(16)19-15(17)10-18-3;;/h4-7,11,14,16H,8-10H2,1-3H3;2*1H. The molecule has 5 heteroatoms. The van der Waals surface area contributed by atoms with Gasteiger partial charge in [-0.25, -0.2) is 4.79 Å². The zero-order chi connectivity index (χ0) is 13.8. The number of rotatable bonds is 4. The lowest BCUT2D eigenvalue weighted by Gasteiger charge is -2.35. The third-order valence-corrected chi connectivity index (χ3v) is 3.78. The smallest absolute Gasteiger partial charge is 0.332 e. The number of hydrogen-bond acceptors (Lipinski definition) is 3. The molecule has 0 aliphatic heterocycles. The van der Waals surface area contributed by atoms with E-state index in [9.17, 15) is 4.79 Å². The number of ether oxygens (including phenoxy) is 2. The molecule has 120 valence electrons. The first kappa shape index (κ1) is 20.2. The van der Waals surface area contributed by atoms with E-state index in [0.29, 0.717) is 5.92 Å². The minimum atomic E-state index is -0.266. The summed E-state index contributed by atoms with van der Waals surface area (Å²) in [6, 6.07) is 8.48. The number of aryl methyl sites for hydroxylation is 1. The highest BCUT2D eigenvalue weighted by Crippen LogP contribution is 2.38. The van der Waals surface area contributed by atoms with E-state index in [0.717, 1.165) is 12.8 Å². The molecule has 0 bridgehead atoms. The highest BCUT2D eigenvalue weighted by molar-refractivity contribution is 5.85. The molecule has 1 aliphatic carbocycles. The Morgan fingerprint density at radius 2 is 1.95 bits per heavy atom. The molecule has 0 radical (unpaired) electrons. The summed E-state index contributed by atoms with van der Waals surface area (Å²) in [5, 5.41) is 0. The number of fused-ring (bicyclic) bond motifs is 1. The molecule has 2 rings (SSSR count). The average molecular weight is 335 g/mol. The summed E-state index contributed by atoms with van der Waals surface area (Å²) in [5.74, 6) is 0.463. The van der Waals surface area contributed by atoms with Crippen molar-refractivity contribution in [2.45, 2.75) is 38.7 Å². The number of methoxy groups -OCH3 is 1. The summed E-state index contributed by atoms with van der Waals surface area (Å²) in [6.45, 7) is 4.40. The molecule has 0 spiro atoms. The molecule has 21 heavy (non-hydrogen) atoms. The molecule has 3 nitrogen and oxygen atoms in total. The SMILES string of the molecule is COCC(=O)OC1CCc2ccccc2C1C(C)C.Cl.Cl. The number of halogens is 2. The molecule has 2 atom stereocenters. The van der Waals surface area contributed by atoms with Crippen molar-refractivity contribution in [3.05, 3.63) is 35.4 Å². The number of carbonyl (C=O) groups is 1. The van der Waals surface area contributed by atoms with Gasteiger partial charge in [-0.15, -0.1) is 24.8 Å². The van der Waals surface area contributed by atoms with Crippen LogP contribution in [0.15, 0.2) is 24.3 Å². The van der Waals surface area contributed by atoms with Gasteiger partial charge in [-0.05, 0) is 29.9 Å². The number of hydrogen-bond donors (Lipinski definition) is 0. The minimum absolute atomic E-state index is 0. The zero-order valence-electron chi connectivity index (χ0n) is 12.7. The summed E-state index contributed by atoms with van der Waals surface area (Å²) < 4.78 is 10.4. The van der Waals surface area contributed by atoms with Gasteiger partial charge < -0.3 is 9.47 Å². The van der Waals surface area contributed by atoms with Crippen LogP contribution in [0.2, 0.25) is 0 Å². The quantitative estimate of drug-likeness (QED) is 0.786. The normalized spacial score (nSPS) is 20.0. The zero-order valence-corrected chi connectivity index (χ0v) is 14.3. The largest absolute Gasteiger partial charge is 0.460 e. The summed E-state index contributed by atoms with van der Waals surface area (Å²) in [4.78, 5) is 11.6. The molecule has 0 saturated carbocycles. The van der Waals surface area contributed by atoms with Crippen molar-refractivity contribution in [2.75, 3.05) is 13.7 Å². The third kappa shape index (κ3) is 4.87. The van der Waals surface area contributed by atoms with Crippen LogP contribution in [-0.4, -0.2) is 25.8 Å². The van der Waals surface area contributed by atoms with Gasteiger partial charge in [0.25, 0.3) is 0 Å². The Morgan fingerprint density at radius 1 is 1.29 bits per heavy atom. The topological polar surface area (TPSA) is 35.5 Å². The van der Waals surface area contributed by atoms with Crippen molar-refractivity contribution < 1.29 is 14.3 Å². The summed E-state index contributed by atoms with van der Waals surface area (Å²) in [6.07, 6.45) is 1.84. The fraction of sp³-hybridized carbons (Fsp3) is 0.562. The second kappa shape index (κ2) is 9.29. The number of esters is 1. The highest BCUT2D eigenvalue weighted by atomic mass is 35.5. The first-order valence-corrected chi connectivity index (χ1v) is 6.89. The van der Waals surface area contributed by atoms with E-state index < -0.39 is 0 Å². The predicted molar refractivity (Wildman–Crippen MR) is 88.6 cm³/mol. The molecule has 0 heterocycles. The van der Waals surface area contributed by atoms with E-state index in [-0.39, 0.29) is 49.4 Å². The third-order valence-electron chi connectivity index (χ3n) is 3.78. The van der Waals surface area contributed by atoms with Gasteiger partial charge in [-0.3, -0.25) is 0 Å². The van der Waals surface area contributed by atoms with Gasteiger partial charge >= 0.3 is 5.97 Å². The van der Waals surface area contributed by atoms with Gasteiger partial charge in [0.05, 0.1) is 0 Å². The molecule has 2 unspecified atom stereocenters. The number of carbonyl (C=O) groups excluding carboxylic acids is 1. The van der Waals surface area contributed by atoms with Gasteiger partial charge in [0.1, 0.15) is 12.7 Å². The van der Waals surface area contributed by atoms with Crippen LogP contribution in [0.25, 0.3) is 0 Å². The summed E-state index contributed by atoms with van der Waals surface area (Å²) in [7, 11) is 1.51. The van der Waals surface area contributed by atoms with E-state index in [1.807, 2.05) is 0 Å². The van der Waals surface area contributed by atoms with Gasteiger partial charge in [-0.1, -0.05) is 38.1 Å². The monoisotopic (exact) mass is 334 g/mol. The Balaban J connectivity index is 0.00000200. The van der Waals surface area contributed by atoms with Crippen molar-refractivity contribution in [2.24, 2.45) is 5.92 Å². The minimum Gasteiger partial charge on any atom is -0.460 e. The van der Waals surface area contributed by atoms with E-state index in [1.165, 1.54) is 18.2 Å². The Hall–Kier alpha value is -0.770. The molecule has 0 N–H and O–H groups in total. The van der Waals surface area contributed by atoms with Crippen LogP contribution < -0.4 is 0 Å². The molecular weight excluding hydrogens is 311 g/mol. The van der Waals surface area contributed by atoms with Crippen LogP contribution >= 0.6 is 24.8 Å². The van der Waals surface area contributed by atoms with Gasteiger partial charge in [0.2, 0.25) is 0 Å². The molecule has 0 aromatic heterocycles. The molecule has 1 aromatic rings. The fourth-order valence-electron chi connectivity index (χ4n) is 3.01. The Labute approximate surface area is 139 Å². The van der Waals surface area contributed by atoms with Crippen molar-refractivity contribution in [3.63, 3.8) is 0 Å². The van der Waals surface area contributed by atoms with Crippen LogP contribution in [0.3, 0.4) is 0 Å². The second-order valence-electron chi connectivity index (χ2n) is 5.47. The van der Waals surface area contributed by atoms with Crippen LogP contribution in [0.4, 0.5) is 0 Å². The molecular formula is C16H24Cl2O3. The van der Waals surface area contributed by atoms with Crippen LogP contribution in [0.5, 0.6) is 0 Å². The molecule has 0 saturated heterocycles. The average Bonchev–Trinajstić information content (AvgIpc) is 2.38. The highest BCUT2D eigenvalue weighted by Gasteiger charge is 2.33. The second-order valence-corrected chi connectivity index (χ2v) is 5.47. The van der Waals surface area contributed by atoms with Crippen molar-refractivity contribution >= 4 is 30.8 Å². The van der Waals surface area contributed by atoms with Crippen LogP contribution in [0, 0.1) is 5.92 Å². The van der Waals surface area contributed by atoms with E-state index in [2.05, 4.69) is 38.1 Å². The maximum Gasteiger partial charge on any atom is 0.332 e. The summed E-state index contributed by atoms with van der Waals surface area (Å²) >= 11 is 0. The van der Waals surface area contributed by atoms with Crippen molar-refractivity contribution in [1.29, 1.82) is 0 Å². The Morgan fingerprint density at radius 3 is 2.57 bits per heavy atom. The maximum absolute atomic E-state index is 11.6. The molecule has 0 fully saturated rings. The van der Waals surface area contributed by atoms with Crippen LogP contribution in [0.1, 0.15) is 37.3 Å². The molecule has 1 aromatic carbocycles. The van der Waals surface area contributed by atoms with Crippen molar-refractivity contribution in [3.8, 4) is 0 Å². The van der Waals surface area contributed by atoms with E-state index >= 15 is 0 Å². The maximum atomic E-state index is 11.6. The van der Waals surface area contributed by atoms with Gasteiger partial charge in [0.15, 0.2) is 0 Å². The summed E-state index contributed by atoms with van der Waals surface area (Å²) in [5.41, 5.74) is 2.72. The lowest BCUT2D eigenvalue weighted by Crippen LogP contribution is -2.34. The lowest BCUT2D eigenvalue weighted by molar-refractivity contribution is -0.155. The van der Waals surface area contributed by atoms with E-state index in [1.54, 1.807) is 0 Å². The van der Waals surface area contributed by atoms with Crippen molar-refractivity contribution in [1.82, 2.24) is 0 Å².